The molecule has 1 saturated carbocycles. The Kier molecular flexibility index (Phi) is 4.63. The Hall–Kier alpha value is -1.07. The summed E-state index contributed by atoms with van der Waals surface area (Å²) in [7, 11) is -3.67. The third-order valence-electron chi connectivity index (χ3n) is 4.74. The van der Waals surface area contributed by atoms with Crippen molar-refractivity contribution in [3.05, 3.63) is 23.3 Å². The third-order valence-corrected chi connectivity index (χ3v) is 5.63. The van der Waals surface area contributed by atoms with Gasteiger partial charge in [-0.25, -0.2) is 13.6 Å². The zero-order valence-corrected chi connectivity index (χ0v) is 14.1. The standard InChI is InChI=1S/C16H26N2O2S/c1-10-5-6-15(12(3)7-10)18-16-9-14(21(17,19)20)8-11(2)13(16)4/h8-10,12,15,18H,5-7H2,1-4H3,(H2,17,19,20). The molecule has 1 aliphatic carbocycles. The van der Waals surface area contributed by atoms with Crippen molar-refractivity contribution in [1.29, 1.82) is 0 Å². The highest BCUT2D eigenvalue weighted by molar-refractivity contribution is 7.89. The minimum Gasteiger partial charge on any atom is -0.382 e. The number of nitrogens with two attached hydrogens (primary N) is 1. The second kappa shape index (κ2) is 5.97. The van der Waals surface area contributed by atoms with Crippen LogP contribution in [-0.2, 0) is 10.0 Å². The van der Waals surface area contributed by atoms with E-state index in [1.807, 2.05) is 13.8 Å². The Balaban J connectivity index is 2.29. The molecule has 0 saturated heterocycles. The van der Waals surface area contributed by atoms with Crippen LogP contribution in [0.3, 0.4) is 0 Å². The Morgan fingerprint density at radius 2 is 1.86 bits per heavy atom. The van der Waals surface area contributed by atoms with Gasteiger partial charge in [0.05, 0.1) is 4.90 Å². The second-order valence-corrected chi connectivity index (χ2v) is 8.17. The van der Waals surface area contributed by atoms with Crippen LogP contribution in [0.15, 0.2) is 17.0 Å². The van der Waals surface area contributed by atoms with E-state index < -0.39 is 10.0 Å². The predicted molar refractivity (Wildman–Crippen MR) is 86.9 cm³/mol. The van der Waals surface area contributed by atoms with Crippen molar-refractivity contribution in [2.75, 3.05) is 5.32 Å². The average molecular weight is 310 g/mol. The molecule has 3 atom stereocenters. The average Bonchev–Trinajstić information content (AvgIpc) is 2.36. The smallest absolute Gasteiger partial charge is 0.238 e. The summed E-state index contributed by atoms with van der Waals surface area (Å²) in [6.45, 7) is 8.49. The van der Waals surface area contributed by atoms with Crippen LogP contribution < -0.4 is 10.5 Å². The zero-order chi connectivity index (χ0) is 15.8. The number of anilines is 1. The number of aryl methyl sites for hydroxylation is 1. The molecule has 0 amide bonds. The molecule has 0 aliphatic heterocycles. The molecule has 5 heteroatoms. The summed E-state index contributed by atoms with van der Waals surface area (Å²) in [6, 6.07) is 3.71. The zero-order valence-electron chi connectivity index (χ0n) is 13.3. The summed E-state index contributed by atoms with van der Waals surface area (Å²) in [4.78, 5) is 0.185. The van der Waals surface area contributed by atoms with Crippen molar-refractivity contribution in [3.63, 3.8) is 0 Å². The van der Waals surface area contributed by atoms with Crippen molar-refractivity contribution < 1.29 is 8.42 Å². The molecule has 0 aromatic heterocycles. The van der Waals surface area contributed by atoms with Gasteiger partial charge in [0, 0.05) is 11.7 Å². The van der Waals surface area contributed by atoms with Gasteiger partial charge < -0.3 is 5.32 Å². The number of primary sulfonamides is 1. The molecule has 0 spiro atoms. The Morgan fingerprint density at radius 3 is 2.43 bits per heavy atom. The molecule has 118 valence electrons. The highest BCUT2D eigenvalue weighted by Crippen LogP contribution is 2.32. The fourth-order valence-electron chi connectivity index (χ4n) is 3.22. The number of nitrogens with one attached hydrogen (secondary N) is 1. The van der Waals surface area contributed by atoms with Gasteiger partial charge >= 0.3 is 0 Å². The van der Waals surface area contributed by atoms with E-state index in [4.69, 9.17) is 5.14 Å². The molecule has 4 nitrogen and oxygen atoms in total. The van der Waals surface area contributed by atoms with E-state index in [-0.39, 0.29) is 4.90 Å². The molecular weight excluding hydrogens is 284 g/mol. The SMILES string of the molecule is Cc1cc(S(N)(=O)=O)cc(NC2CCC(C)CC2C)c1C. The van der Waals surface area contributed by atoms with Crippen LogP contribution in [0.25, 0.3) is 0 Å². The maximum absolute atomic E-state index is 11.6. The van der Waals surface area contributed by atoms with E-state index in [9.17, 15) is 8.42 Å². The van der Waals surface area contributed by atoms with Crippen LogP contribution in [0, 0.1) is 25.7 Å². The second-order valence-electron chi connectivity index (χ2n) is 6.60. The first-order chi connectivity index (χ1) is 9.68. The maximum Gasteiger partial charge on any atom is 0.238 e. The molecule has 0 heterocycles. The maximum atomic E-state index is 11.6. The first kappa shape index (κ1) is 16.3. The van der Waals surface area contributed by atoms with Gasteiger partial charge in [-0.2, -0.15) is 0 Å². The molecule has 1 aromatic rings. The lowest BCUT2D eigenvalue weighted by atomic mass is 9.79. The molecule has 21 heavy (non-hydrogen) atoms. The molecule has 0 bridgehead atoms. The lowest BCUT2D eigenvalue weighted by Crippen LogP contribution is -2.33. The van der Waals surface area contributed by atoms with Crippen LogP contribution in [0.1, 0.15) is 44.2 Å². The van der Waals surface area contributed by atoms with Gasteiger partial charge in [0.15, 0.2) is 0 Å². The minimum atomic E-state index is -3.67. The van der Waals surface area contributed by atoms with Crippen LogP contribution in [0.5, 0.6) is 0 Å². The van der Waals surface area contributed by atoms with Gasteiger partial charge in [-0.15, -0.1) is 0 Å². The molecular formula is C16H26N2O2S. The van der Waals surface area contributed by atoms with Crippen molar-refractivity contribution in [1.82, 2.24) is 0 Å². The third kappa shape index (κ3) is 3.77. The minimum absolute atomic E-state index is 0.185. The van der Waals surface area contributed by atoms with Crippen molar-refractivity contribution in [3.8, 4) is 0 Å². The summed E-state index contributed by atoms with van der Waals surface area (Å²) in [5.41, 5.74) is 2.93. The van der Waals surface area contributed by atoms with Crippen LogP contribution in [0.2, 0.25) is 0 Å². The number of hydrogen-bond donors (Lipinski definition) is 2. The topological polar surface area (TPSA) is 72.2 Å². The molecule has 1 aromatic carbocycles. The number of rotatable bonds is 3. The normalized spacial score (nSPS) is 26.6. The van der Waals surface area contributed by atoms with E-state index in [0.29, 0.717) is 12.0 Å². The summed E-state index contributed by atoms with van der Waals surface area (Å²) in [6.07, 6.45) is 3.56. The Bertz CT molecular complexity index is 625. The lowest BCUT2D eigenvalue weighted by molar-refractivity contribution is 0.276. The number of benzene rings is 1. The van der Waals surface area contributed by atoms with E-state index in [2.05, 4.69) is 19.2 Å². The van der Waals surface area contributed by atoms with Gasteiger partial charge in [-0.1, -0.05) is 13.8 Å². The fourth-order valence-corrected chi connectivity index (χ4v) is 3.84. The highest BCUT2D eigenvalue weighted by atomic mass is 32.2. The Labute approximate surface area is 128 Å². The van der Waals surface area contributed by atoms with E-state index in [1.165, 1.54) is 12.8 Å². The number of hydrogen-bond acceptors (Lipinski definition) is 3. The summed E-state index contributed by atoms with van der Waals surface area (Å²) < 4.78 is 23.2. The highest BCUT2D eigenvalue weighted by Gasteiger charge is 2.26. The van der Waals surface area contributed by atoms with Gasteiger partial charge in [0.25, 0.3) is 0 Å². The Morgan fingerprint density at radius 1 is 1.19 bits per heavy atom. The molecule has 1 fully saturated rings. The van der Waals surface area contributed by atoms with Crippen molar-refractivity contribution >= 4 is 15.7 Å². The van der Waals surface area contributed by atoms with Crippen LogP contribution >= 0.6 is 0 Å². The quantitative estimate of drug-likeness (QED) is 0.900. The first-order valence-corrected chi connectivity index (χ1v) is 9.13. The van der Waals surface area contributed by atoms with Crippen molar-refractivity contribution in [2.24, 2.45) is 17.0 Å². The molecule has 3 N–H and O–H groups in total. The van der Waals surface area contributed by atoms with Crippen molar-refractivity contribution in [2.45, 2.75) is 57.9 Å². The van der Waals surface area contributed by atoms with E-state index in [1.54, 1.807) is 12.1 Å². The molecule has 3 unspecified atom stereocenters. The fraction of sp³-hybridized carbons (Fsp3) is 0.625. The summed E-state index contributed by atoms with van der Waals surface area (Å²) in [5.74, 6) is 1.36. The molecule has 2 rings (SSSR count). The van der Waals surface area contributed by atoms with Gasteiger partial charge in [0.2, 0.25) is 10.0 Å². The van der Waals surface area contributed by atoms with Gasteiger partial charge in [-0.3, -0.25) is 0 Å². The predicted octanol–water partition coefficient (Wildman–Crippen LogP) is 3.19. The largest absolute Gasteiger partial charge is 0.382 e. The monoisotopic (exact) mass is 310 g/mol. The first-order valence-electron chi connectivity index (χ1n) is 7.59. The van der Waals surface area contributed by atoms with E-state index in [0.717, 1.165) is 29.2 Å². The lowest BCUT2D eigenvalue weighted by Gasteiger charge is -2.34. The molecule has 1 aliphatic rings. The molecule has 0 radical (unpaired) electrons. The van der Waals surface area contributed by atoms with Crippen LogP contribution in [-0.4, -0.2) is 14.5 Å². The van der Waals surface area contributed by atoms with Gasteiger partial charge in [-0.05, 0) is 68.2 Å². The van der Waals surface area contributed by atoms with Crippen LogP contribution in [0.4, 0.5) is 5.69 Å². The van der Waals surface area contributed by atoms with E-state index >= 15 is 0 Å². The van der Waals surface area contributed by atoms with Gasteiger partial charge in [0.1, 0.15) is 0 Å². The summed E-state index contributed by atoms with van der Waals surface area (Å²) in [5, 5.41) is 8.82. The summed E-state index contributed by atoms with van der Waals surface area (Å²) >= 11 is 0. The number of sulfonamides is 1.